The molecule has 0 aromatic heterocycles. The van der Waals surface area contributed by atoms with E-state index in [4.69, 9.17) is 11.6 Å². The number of hydrogen-bond acceptors (Lipinski definition) is 3. The maximum Gasteiger partial charge on any atom is 0.270 e. The lowest BCUT2D eigenvalue weighted by molar-refractivity contribution is 0.0687. The molecule has 0 radical (unpaired) electrons. The second-order valence-corrected chi connectivity index (χ2v) is 6.67. The first kappa shape index (κ1) is 14.1. The first-order valence-corrected chi connectivity index (χ1v) is 8.01. The van der Waals surface area contributed by atoms with E-state index in [-0.39, 0.29) is 22.9 Å². The molecule has 0 aliphatic carbocycles. The monoisotopic (exact) mass is 322 g/mol. The zero-order valence-corrected chi connectivity index (χ0v) is 12.4. The van der Waals surface area contributed by atoms with Crippen molar-refractivity contribution in [3.63, 3.8) is 0 Å². The van der Waals surface area contributed by atoms with Crippen molar-refractivity contribution in [2.45, 2.75) is 11.4 Å². The molecule has 108 valence electrons. The van der Waals surface area contributed by atoms with Crippen LogP contribution in [0.2, 0.25) is 5.02 Å². The molecule has 0 unspecified atom stereocenters. The Morgan fingerprint density at radius 3 is 2.43 bits per heavy atom. The van der Waals surface area contributed by atoms with Gasteiger partial charge in [0.15, 0.2) is 0 Å². The SMILES string of the molecule is O=C1c2ccccc2S(=O)(=O)NN1Cc1ccc(Cl)cc1. The highest BCUT2D eigenvalue weighted by atomic mass is 35.5. The van der Waals surface area contributed by atoms with Crippen molar-refractivity contribution in [3.05, 3.63) is 64.7 Å². The van der Waals surface area contributed by atoms with E-state index in [1.807, 2.05) is 0 Å². The number of carbonyl (C=O) groups is 1. The molecule has 1 aliphatic heterocycles. The fraction of sp³-hybridized carbons (Fsp3) is 0.0714. The van der Waals surface area contributed by atoms with Crippen molar-refractivity contribution in [2.24, 2.45) is 0 Å². The Hall–Kier alpha value is -1.89. The largest absolute Gasteiger partial charge is 0.270 e. The summed E-state index contributed by atoms with van der Waals surface area (Å²) in [5, 5.41) is 1.66. The third-order valence-electron chi connectivity index (χ3n) is 3.14. The van der Waals surface area contributed by atoms with E-state index in [0.29, 0.717) is 5.02 Å². The number of sulfonamides is 1. The Morgan fingerprint density at radius 2 is 1.71 bits per heavy atom. The molecule has 1 N–H and O–H groups in total. The van der Waals surface area contributed by atoms with Crippen LogP contribution in [0.5, 0.6) is 0 Å². The number of nitrogens with zero attached hydrogens (tertiary/aromatic N) is 1. The number of fused-ring (bicyclic) bond motifs is 1. The zero-order valence-electron chi connectivity index (χ0n) is 10.8. The third kappa shape index (κ3) is 2.65. The molecule has 1 amide bonds. The topological polar surface area (TPSA) is 66.5 Å². The van der Waals surface area contributed by atoms with Crippen molar-refractivity contribution in [1.29, 1.82) is 0 Å². The number of benzene rings is 2. The normalized spacial score (nSPS) is 16.6. The lowest BCUT2D eigenvalue weighted by atomic mass is 10.2. The van der Waals surface area contributed by atoms with Crippen LogP contribution in [0.1, 0.15) is 15.9 Å². The lowest BCUT2D eigenvalue weighted by Crippen LogP contribution is -2.49. The van der Waals surface area contributed by atoms with Gasteiger partial charge in [-0.05, 0) is 29.8 Å². The van der Waals surface area contributed by atoms with Crippen molar-refractivity contribution >= 4 is 27.5 Å². The second kappa shape index (κ2) is 5.14. The van der Waals surface area contributed by atoms with Crippen molar-refractivity contribution in [2.75, 3.05) is 0 Å². The van der Waals surface area contributed by atoms with E-state index in [2.05, 4.69) is 4.83 Å². The van der Waals surface area contributed by atoms with Gasteiger partial charge < -0.3 is 0 Å². The highest BCUT2D eigenvalue weighted by Crippen LogP contribution is 2.23. The van der Waals surface area contributed by atoms with Gasteiger partial charge in [0, 0.05) is 5.02 Å². The summed E-state index contributed by atoms with van der Waals surface area (Å²) < 4.78 is 24.3. The highest BCUT2D eigenvalue weighted by molar-refractivity contribution is 7.89. The van der Waals surface area contributed by atoms with Gasteiger partial charge in [-0.15, -0.1) is 4.83 Å². The number of rotatable bonds is 2. The number of hydrogen-bond donors (Lipinski definition) is 1. The molecule has 0 bridgehead atoms. The van der Waals surface area contributed by atoms with E-state index >= 15 is 0 Å². The number of nitrogens with one attached hydrogen (secondary N) is 1. The molecule has 0 spiro atoms. The Bertz CT molecular complexity index is 803. The standard InChI is InChI=1S/C14H11ClN2O3S/c15-11-7-5-10(6-8-11)9-17-14(18)12-3-1-2-4-13(12)21(19,20)16-17/h1-8,16H,9H2. The lowest BCUT2D eigenvalue weighted by Gasteiger charge is -2.28. The number of hydrazine groups is 1. The van der Waals surface area contributed by atoms with Gasteiger partial charge in [0.1, 0.15) is 0 Å². The molecule has 3 rings (SSSR count). The Labute approximate surface area is 127 Å². The van der Waals surface area contributed by atoms with Crippen LogP contribution in [0.4, 0.5) is 0 Å². The van der Waals surface area contributed by atoms with Gasteiger partial charge >= 0.3 is 0 Å². The van der Waals surface area contributed by atoms with Crippen LogP contribution in [0.15, 0.2) is 53.4 Å². The predicted octanol–water partition coefficient (Wildman–Crippen LogP) is 2.19. The zero-order chi connectivity index (χ0) is 15.0. The summed E-state index contributed by atoms with van der Waals surface area (Å²) >= 11 is 5.80. The Kier molecular flexibility index (Phi) is 3.44. The maximum absolute atomic E-state index is 12.3. The molecule has 21 heavy (non-hydrogen) atoms. The van der Waals surface area contributed by atoms with Crippen LogP contribution >= 0.6 is 11.6 Å². The molecule has 7 heteroatoms. The fourth-order valence-electron chi connectivity index (χ4n) is 2.14. The Balaban J connectivity index is 1.96. The number of halogens is 1. The predicted molar refractivity (Wildman–Crippen MR) is 78.1 cm³/mol. The summed E-state index contributed by atoms with van der Waals surface area (Å²) in [6.45, 7) is 0.129. The maximum atomic E-state index is 12.3. The van der Waals surface area contributed by atoms with E-state index in [9.17, 15) is 13.2 Å². The summed E-state index contributed by atoms with van der Waals surface area (Å²) in [4.78, 5) is 14.6. The van der Waals surface area contributed by atoms with Crippen LogP contribution < -0.4 is 4.83 Å². The van der Waals surface area contributed by atoms with E-state index in [1.54, 1.807) is 36.4 Å². The van der Waals surface area contributed by atoms with Crippen LogP contribution in [-0.2, 0) is 16.6 Å². The van der Waals surface area contributed by atoms with Crippen LogP contribution in [0, 0.1) is 0 Å². The van der Waals surface area contributed by atoms with Gasteiger partial charge in [0.25, 0.3) is 15.9 Å². The van der Waals surface area contributed by atoms with Gasteiger partial charge in [-0.3, -0.25) is 9.80 Å². The fourth-order valence-corrected chi connectivity index (χ4v) is 3.50. The molecule has 2 aromatic rings. The summed E-state index contributed by atoms with van der Waals surface area (Å²) in [5.74, 6) is -0.379. The molecular formula is C14H11ClN2O3S. The molecule has 0 fully saturated rings. The van der Waals surface area contributed by atoms with Gasteiger partial charge in [-0.2, -0.15) is 0 Å². The van der Waals surface area contributed by atoms with Crippen LogP contribution in [0.25, 0.3) is 0 Å². The Morgan fingerprint density at radius 1 is 1.05 bits per heavy atom. The molecule has 1 heterocycles. The van der Waals surface area contributed by atoms with Gasteiger partial charge in [-0.1, -0.05) is 35.9 Å². The number of amides is 1. The molecule has 0 atom stereocenters. The molecule has 5 nitrogen and oxygen atoms in total. The molecule has 0 saturated heterocycles. The quantitative estimate of drug-likeness (QED) is 0.921. The summed E-state index contributed by atoms with van der Waals surface area (Å²) in [5.41, 5.74) is 0.944. The van der Waals surface area contributed by atoms with E-state index in [1.165, 1.54) is 12.1 Å². The van der Waals surface area contributed by atoms with Crippen molar-refractivity contribution in [1.82, 2.24) is 9.84 Å². The first-order chi connectivity index (χ1) is 9.97. The van der Waals surface area contributed by atoms with Crippen LogP contribution in [0.3, 0.4) is 0 Å². The van der Waals surface area contributed by atoms with Crippen LogP contribution in [-0.4, -0.2) is 19.3 Å². The van der Waals surface area contributed by atoms with Gasteiger partial charge in [0.2, 0.25) is 0 Å². The molecule has 1 aliphatic rings. The molecule has 2 aromatic carbocycles. The molecule has 0 saturated carbocycles. The van der Waals surface area contributed by atoms with E-state index < -0.39 is 10.0 Å². The highest BCUT2D eigenvalue weighted by Gasteiger charge is 2.33. The average Bonchev–Trinajstić information content (AvgIpc) is 2.47. The first-order valence-electron chi connectivity index (χ1n) is 6.15. The third-order valence-corrected chi connectivity index (χ3v) is 4.78. The molecular weight excluding hydrogens is 312 g/mol. The van der Waals surface area contributed by atoms with Gasteiger partial charge in [0.05, 0.1) is 17.0 Å². The minimum Gasteiger partial charge on any atom is -0.268 e. The minimum absolute atomic E-state index is 0.00218. The second-order valence-electron chi connectivity index (χ2n) is 4.61. The van der Waals surface area contributed by atoms with Crippen molar-refractivity contribution < 1.29 is 13.2 Å². The summed E-state index contributed by atoms with van der Waals surface area (Å²) in [7, 11) is -3.72. The van der Waals surface area contributed by atoms with E-state index in [0.717, 1.165) is 10.6 Å². The summed E-state index contributed by atoms with van der Waals surface area (Å²) in [6.07, 6.45) is 0. The average molecular weight is 323 g/mol. The van der Waals surface area contributed by atoms with Gasteiger partial charge in [-0.25, -0.2) is 8.42 Å². The smallest absolute Gasteiger partial charge is 0.268 e. The van der Waals surface area contributed by atoms with Crippen molar-refractivity contribution in [3.8, 4) is 0 Å². The minimum atomic E-state index is -3.72. The number of carbonyl (C=O) groups excluding carboxylic acids is 1. The summed E-state index contributed by atoms with van der Waals surface area (Å²) in [6, 6.07) is 13.0.